The highest BCUT2D eigenvalue weighted by atomic mass is 16.2. The molecule has 1 aliphatic heterocycles. The Bertz CT molecular complexity index is 980. The van der Waals surface area contributed by atoms with Crippen LogP contribution in [-0.4, -0.2) is 39.2 Å². The lowest BCUT2D eigenvalue weighted by molar-refractivity contribution is 0.0679. The van der Waals surface area contributed by atoms with Gasteiger partial charge < -0.3 is 10.2 Å². The predicted molar refractivity (Wildman–Crippen MR) is 104 cm³/mol. The molecule has 0 radical (unpaired) electrons. The Labute approximate surface area is 157 Å². The highest BCUT2D eigenvalue weighted by Gasteiger charge is 2.27. The number of piperidine rings is 1. The molecule has 1 aromatic carbocycles. The summed E-state index contributed by atoms with van der Waals surface area (Å²) in [5.41, 5.74) is 1.68. The third kappa shape index (κ3) is 3.43. The van der Waals surface area contributed by atoms with Crippen molar-refractivity contribution in [1.82, 2.24) is 14.3 Å². The quantitative estimate of drug-likeness (QED) is 0.776. The van der Waals surface area contributed by atoms with E-state index < -0.39 is 0 Å². The van der Waals surface area contributed by atoms with Gasteiger partial charge in [0.1, 0.15) is 0 Å². The van der Waals surface area contributed by atoms with Crippen molar-refractivity contribution >= 4 is 23.0 Å². The molecule has 3 aromatic rings. The minimum atomic E-state index is -0.339. The number of nitrogens with zero attached hydrogens (tertiary/aromatic N) is 3. The maximum Gasteiger partial charge on any atom is 0.292 e. The van der Waals surface area contributed by atoms with Gasteiger partial charge in [-0.05, 0) is 43.0 Å². The number of fused-ring (bicyclic) bond motifs is 1. The lowest BCUT2D eigenvalue weighted by Crippen LogP contribution is -2.39. The highest BCUT2D eigenvalue weighted by Crippen LogP contribution is 2.21. The van der Waals surface area contributed by atoms with Crippen molar-refractivity contribution in [2.45, 2.75) is 19.8 Å². The maximum absolute atomic E-state index is 13.1. The monoisotopic (exact) mass is 362 g/mol. The number of anilines is 1. The molecule has 6 heteroatoms. The largest absolute Gasteiger partial charge is 0.337 e. The lowest BCUT2D eigenvalue weighted by Gasteiger charge is -2.30. The second kappa shape index (κ2) is 7.23. The van der Waals surface area contributed by atoms with E-state index >= 15 is 0 Å². The van der Waals surface area contributed by atoms with E-state index in [9.17, 15) is 9.59 Å². The summed E-state index contributed by atoms with van der Waals surface area (Å²) in [4.78, 5) is 32.1. The van der Waals surface area contributed by atoms with Crippen molar-refractivity contribution < 1.29 is 9.59 Å². The molecule has 0 saturated carbocycles. The molecule has 138 valence electrons. The number of carbonyl (C=O) groups excluding carboxylic acids is 2. The molecular formula is C21H22N4O2. The third-order valence-electron chi connectivity index (χ3n) is 4.93. The van der Waals surface area contributed by atoms with Gasteiger partial charge in [0.25, 0.3) is 11.8 Å². The molecule has 6 nitrogen and oxygen atoms in total. The van der Waals surface area contributed by atoms with Crippen LogP contribution in [0.2, 0.25) is 0 Å². The van der Waals surface area contributed by atoms with E-state index in [2.05, 4.69) is 17.2 Å². The molecular weight excluding hydrogens is 340 g/mol. The second-order valence-corrected chi connectivity index (χ2v) is 7.06. The number of rotatable bonds is 3. The van der Waals surface area contributed by atoms with Crippen molar-refractivity contribution in [2.24, 2.45) is 5.92 Å². The van der Waals surface area contributed by atoms with E-state index in [0.29, 0.717) is 22.8 Å². The molecule has 1 aliphatic rings. The summed E-state index contributed by atoms with van der Waals surface area (Å²) in [5.74, 6) is 0.248. The van der Waals surface area contributed by atoms with Crippen molar-refractivity contribution in [2.75, 3.05) is 18.4 Å². The number of carbonyl (C=O) groups is 2. The second-order valence-electron chi connectivity index (χ2n) is 7.06. The Morgan fingerprint density at radius 2 is 1.89 bits per heavy atom. The molecule has 0 spiro atoms. The number of benzene rings is 1. The van der Waals surface area contributed by atoms with Crippen LogP contribution < -0.4 is 5.32 Å². The Kier molecular flexibility index (Phi) is 4.62. The zero-order valence-corrected chi connectivity index (χ0v) is 15.3. The van der Waals surface area contributed by atoms with Gasteiger partial charge in [-0.15, -0.1) is 0 Å². The zero-order valence-electron chi connectivity index (χ0n) is 15.3. The van der Waals surface area contributed by atoms with Crippen LogP contribution >= 0.6 is 0 Å². The SMILES string of the molecule is CC1CCCN(C(=O)c2nc(C(=O)Nc3ccccc3)n3ccccc23)C1. The van der Waals surface area contributed by atoms with Crippen LogP contribution in [0, 0.1) is 5.92 Å². The Balaban J connectivity index is 1.68. The van der Waals surface area contributed by atoms with Gasteiger partial charge in [-0.3, -0.25) is 14.0 Å². The van der Waals surface area contributed by atoms with Gasteiger partial charge >= 0.3 is 0 Å². The van der Waals surface area contributed by atoms with Crippen LogP contribution in [0.4, 0.5) is 5.69 Å². The van der Waals surface area contributed by atoms with Gasteiger partial charge in [-0.25, -0.2) is 4.98 Å². The fourth-order valence-electron chi connectivity index (χ4n) is 3.59. The molecule has 4 rings (SSSR count). The number of pyridine rings is 1. The number of hydrogen-bond donors (Lipinski definition) is 1. The first-order valence-corrected chi connectivity index (χ1v) is 9.26. The number of amides is 2. The first kappa shape index (κ1) is 17.3. The van der Waals surface area contributed by atoms with Crippen molar-refractivity contribution in [3.8, 4) is 0 Å². The van der Waals surface area contributed by atoms with Crippen LogP contribution in [0.3, 0.4) is 0 Å². The third-order valence-corrected chi connectivity index (χ3v) is 4.93. The van der Waals surface area contributed by atoms with Gasteiger partial charge in [0.2, 0.25) is 5.82 Å². The lowest BCUT2D eigenvalue weighted by atomic mass is 10.00. The predicted octanol–water partition coefficient (Wildman–Crippen LogP) is 3.46. The molecule has 1 N–H and O–H groups in total. The van der Waals surface area contributed by atoms with Crippen LogP contribution in [0.25, 0.3) is 5.52 Å². The summed E-state index contributed by atoms with van der Waals surface area (Å²) < 4.78 is 1.68. The van der Waals surface area contributed by atoms with Crippen LogP contribution in [0.1, 0.15) is 40.9 Å². The summed E-state index contributed by atoms with van der Waals surface area (Å²) in [6.07, 6.45) is 3.90. The fourth-order valence-corrected chi connectivity index (χ4v) is 3.59. The minimum Gasteiger partial charge on any atom is -0.337 e. The molecule has 0 bridgehead atoms. The normalized spacial score (nSPS) is 17.1. The molecule has 2 amide bonds. The highest BCUT2D eigenvalue weighted by molar-refractivity contribution is 6.06. The van der Waals surface area contributed by atoms with Gasteiger partial charge in [0, 0.05) is 25.0 Å². The van der Waals surface area contributed by atoms with E-state index in [1.165, 1.54) is 0 Å². The molecule has 1 atom stereocenters. The van der Waals surface area contributed by atoms with Gasteiger partial charge in [0.05, 0.1) is 5.52 Å². The topological polar surface area (TPSA) is 66.7 Å². The van der Waals surface area contributed by atoms with E-state index in [-0.39, 0.29) is 17.6 Å². The summed E-state index contributed by atoms with van der Waals surface area (Å²) >= 11 is 0. The van der Waals surface area contributed by atoms with Crippen molar-refractivity contribution in [3.63, 3.8) is 0 Å². The molecule has 0 aliphatic carbocycles. The molecule has 1 saturated heterocycles. The molecule has 27 heavy (non-hydrogen) atoms. The first-order valence-electron chi connectivity index (χ1n) is 9.26. The van der Waals surface area contributed by atoms with Crippen LogP contribution in [0.15, 0.2) is 54.7 Å². The van der Waals surface area contributed by atoms with Crippen molar-refractivity contribution in [1.29, 1.82) is 0 Å². The van der Waals surface area contributed by atoms with Gasteiger partial charge in [0.15, 0.2) is 5.69 Å². The van der Waals surface area contributed by atoms with Crippen LogP contribution in [0.5, 0.6) is 0 Å². The average Bonchev–Trinajstić information content (AvgIpc) is 3.08. The standard InChI is InChI=1S/C21H22N4O2/c1-15-8-7-12-24(14-15)21(27)18-17-11-5-6-13-25(17)19(23-18)20(26)22-16-9-3-2-4-10-16/h2-6,9-11,13,15H,7-8,12,14H2,1H3,(H,22,26). The van der Waals surface area contributed by atoms with Crippen molar-refractivity contribution in [3.05, 3.63) is 66.2 Å². The Hall–Kier alpha value is -3.15. The molecule has 1 fully saturated rings. The Morgan fingerprint density at radius 1 is 1.11 bits per heavy atom. The number of imidazole rings is 1. The molecule has 2 aromatic heterocycles. The smallest absolute Gasteiger partial charge is 0.292 e. The summed E-state index contributed by atoms with van der Waals surface area (Å²) in [6, 6.07) is 14.7. The van der Waals surface area contributed by atoms with E-state index in [1.54, 1.807) is 10.6 Å². The molecule has 1 unspecified atom stereocenters. The number of likely N-dealkylation sites (tertiary alicyclic amines) is 1. The average molecular weight is 362 g/mol. The van der Waals surface area contributed by atoms with Gasteiger partial charge in [-0.1, -0.05) is 31.2 Å². The number of para-hydroxylation sites is 1. The van der Waals surface area contributed by atoms with Crippen LogP contribution in [-0.2, 0) is 0 Å². The summed E-state index contributed by atoms with van der Waals surface area (Å²) in [7, 11) is 0. The fraction of sp³-hybridized carbons (Fsp3) is 0.286. The number of nitrogens with one attached hydrogen (secondary N) is 1. The maximum atomic E-state index is 13.1. The summed E-state index contributed by atoms with van der Waals surface area (Å²) in [5, 5.41) is 2.84. The Morgan fingerprint density at radius 3 is 2.67 bits per heavy atom. The zero-order chi connectivity index (χ0) is 18.8. The number of aromatic nitrogens is 2. The first-order chi connectivity index (χ1) is 13.1. The van der Waals surface area contributed by atoms with E-state index in [4.69, 9.17) is 0 Å². The van der Waals surface area contributed by atoms with E-state index in [1.807, 2.05) is 53.4 Å². The number of hydrogen-bond acceptors (Lipinski definition) is 3. The van der Waals surface area contributed by atoms with E-state index in [0.717, 1.165) is 25.9 Å². The van der Waals surface area contributed by atoms with Gasteiger partial charge in [-0.2, -0.15) is 0 Å². The minimum absolute atomic E-state index is 0.107. The molecule has 3 heterocycles. The summed E-state index contributed by atoms with van der Waals surface area (Å²) in [6.45, 7) is 3.63.